The molecule has 66 valence electrons. The zero-order valence-electron chi connectivity index (χ0n) is 8.20. The summed E-state index contributed by atoms with van der Waals surface area (Å²) in [6.45, 7) is 10.8. The first kappa shape index (κ1) is 16.5. The fourth-order valence-corrected chi connectivity index (χ4v) is 0.612. The molecule has 0 atom stereocenters. The molecule has 0 rings (SSSR count). The van der Waals surface area contributed by atoms with Crippen LogP contribution in [0.3, 0.4) is 0 Å². The molecule has 2 N–H and O–H groups in total. The van der Waals surface area contributed by atoms with Crippen molar-refractivity contribution < 1.29 is 5.48 Å². The molecule has 0 aromatic carbocycles. The molecule has 1 heteroatoms. The van der Waals surface area contributed by atoms with Crippen LogP contribution in [0.1, 0.15) is 53.9 Å². The maximum Gasteiger partial charge on any atom is -0.0471 e. The van der Waals surface area contributed by atoms with Gasteiger partial charge < -0.3 is 5.48 Å². The third kappa shape index (κ3) is 24.6. The standard InChI is InChI=1S/C7H16.C2H6.H2O/c1-4-5-6-7(2)3;1-2;/h7H,4-6H2,1-3H3;1-2H3;1H2. The summed E-state index contributed by atoms with van der Waals surface area (Å²) in [6.07, 6.45) is 4.15. The molecule has 0 saturated heterocycles. The summed E-state index contributed by atoms with van der Waals surface area (Å²) in [5.74, 6) is 0.903. The molecular weight excluding hydrogens is 124 g/mol. The van der Waals surface area contributed by atoms with Crippen molar-refractivity contribution >= 4 is 0 Å². The van der Waals surface area contributed by atoms with Crippen molar-refractivity contribution in [2.24, 2.45) is 5.92 Å². The second kappa shape index (κ2) is 16.0. The Morgan fingerprint density at radius 1 is 1.10 bits per heavy atom. The zero-order chi connectivity index (χ0) is 7.70. The molecule has 0 aliphatic heterocycles. The number of hydrogen-bond acceptors (Lipinski definition) is 0. The van der Waals surface area contributed by atoms with E-state index in [2.05, 4.69) is 20.8 Å². The molecule has 10 heavy (non-hydrogen) atoms. The van der Waals surface area contributed by atoms with E-state index in [1.54, 1.807) is 0 Å². The summed E-state index contributed by atoms with van der Waals surface area (Å²) >= 11 is 0. The van der Waals surface area contributed by atoms with Gasteiger partial charge in [-0.05, 0) is 5.92 Å². The van der Waals surface area contributed by atoms with Crippen molar-refractivity contribution in [3.63, 3.8) is 0 Å². The van der Waals surface area contributed by atoms with Crippen molar-refractivity contribution in [2.45, 2.75) is 53.9 Å². The molecule has 0 bridgehead atoms. The lowest BCUT2D eigenvalue weighted by molar-refractivity contribution is 0.550. The van der Waals surface area contributed by atoms with Crippen LogP contribution >= 0.6 is 0 Å². The van der Waals surface area contributed by atoms with Gasteiger partial charge in [-0.2, -0.15) is 0 Å². The van der Waals surface area contributed by atoms with Crippen LogP contribution in [0, 0.1) is 5.92 Å². The van der Waals surface area contributed by atoms with Gasteiger partial charge in [0.1, 0.15) is 0 Å². The molecule has 0 spiro atoms. The quantitative estimate of drug-likeness (QED) is 0.589. The van der Waals surface area contributed by atoms with Gasteiger partial charge in [-0.3, -0.25) is 0 Å². The van der Waals surface area contributed by atoms with Crippen molar-refractivity contribution in [1.82, 2.24) is 0 Å². The van der Waals surface area contributed by atoms with E-state index in [4.69, 9.17) is 0 Å². The predicted molar refractivity (Wildman–Crippen MR) is 49.3 cm³/mol. The average Bonchev–Trinajstić information content (AvgIpc) is 1.88. The minimum Gasteiger partial charge on any atom is -0.412 e. The van der Waals surface area contributed by atoms with Gasteiger partial charge in [0.15, 0.2) is 0 Å². The lowest BCUT2D eigenvalue weighted by atomic mass is 10.1. The normalized spacial score (nSPS) is 7.80. The molecule has 0 radical (unpaired) electrons. The molecule has 0 fully saturated rings. The molecule has 1 nitrogen and oxygen atoms in total. The molecule has 0 saturated carbocycles. The fraction of sp³-hybridized carbons (Fsp3) is 1.00. The van der Waals surface area contributed by atoms with Crippen LogP contribution in [-0.4, -0.2) is 5.48 Å². The molecule has 0 unspecified atom stereocenters. The first-order valence-corrected chi connectivity index (χ1v) is 4.27. The molecule has 0 aliphatic carbocycles. The molecule has 0 heterocycles. The van der Waals surface area contributed by atoms with Gasteiger partial charge in [-0.1, -0.05) is 53.9 Å². The Hall–Kier alpha value is -0.0400. The van der Waals surface area contributed by atoms with Crippen LogP contribution in [0.15, 0.2) is 0 Å². The van der Waals surface area contributed by atoms with Gasteiger partial charge in [0.2, 0.25) is 0 Å². The lowest BCUT2D eigenvalue weighted by Crippen LogP contribution is -1.83. The SMILES string of the molecule is CC.CCCCC(C)C.O. The van der Waals surface area contributed by atoms with Crippen LogP contribution in [0.25, 0.3) is 0 Å². The number of unbranched alkanes of at least 4 members (excludes halogenated alkanes) is 1. The Bertz CT molecular complexity index is 33.7. The third-order valence-corrected chi connectivity index (χ3v) is 1.14. The highest BCUT2D eigenvalue weighted by molar-refractivity contribution is 4.42. The molecule has 0 aromatic rings. The summed E-state index contributed by atoms with van der Waals surface area (Å²) in [5.41, 5.74) is 0. The predicted octanol–water partition coefficient (Wildman–Crippen LogP) is 3.03. The highest BCUT2D eigenvalue weighted by atomic mass is 16.0. The minimum absolute atomic E-state index is 0. The lowest BCUT2D eigenvalue weighted by Gasteiger charge is -1.98. The van der Waals surface area contributed by atoms with E-state index in [9.17, 15) is 0 Å². The van der Waals surface area contributed by atoms with E-state index < -0.39 is 0 Å². The Balaban J connectivity index is -0.000000149. The van der Waals surface area contributed by atoms with Crippen molar-refractivity contribution in [1.29, 1.82) is 0 Å². The Morgan fingerprint density at radius 2 is 1.50 bits per heavy atom. The molecule has 0 aliphatic rings. The van der Waals surface area contributed by atoms with Crippen LogP contribution in [-0.2, 0) is 0 Å². The summed E-state index contributed by atoms with van der Waals surface area (Å²) in [7, 11) is 0. The first-order chi connectivity index (χ1) is 4.27. The van der Waals surface area contributed by atoms with Crippen LogP contribution in [0.2, 0.25) is 0 Å². The summed E-state index contributed by atoms with van der Waals surface area (Å²) in [4.78, 5) is 0. The molecular formula is C9H24O. The van der Waals surface area contributed by atoms with Gasteiger partial charge in [-0.15, -0.1) is 0 Å². The second-order valence-electron chi connectivity index (χ2n) is 2.54. The smallest absolute Gasteiger partial charge is 0.0471 e. The van der Waals surface area contributed by atoms with Crippen molar-refractivity contribution in [2.75, 3.05) is 0 Å². The van der Waals surface area contributed by atoms with Gasteiger partial charge in [0, 0.05) is 0 Å². The molecule has 0 amide bonds. The van der Waals surface area contributed by atoms with Gasteiger partial charge in [0.25, 0.3) is 0 Å². The van der Waals surface area contributed by atoms with Crippen LogP contribution in [0.5, 0.6) is 0 Å². The van der Waals surface area contributed by atoms with Crippen LogP contribution < -0.4 is 0 Å². The third-order valence-electron chi connectivity index (χ3n) is 1.14. The first-order valence-electron chi connectivity index (χ1n) is 4.27. The highest BCUT2D eigenvalue weighted by Gasteiger charge is 1.88. The topological polar surface area (TPSA) is 31.5 Å². The summed E-state index contributed by atoms with van der Waals surface area (Å²) < 4.78 is 0. The number of hydrogen-bond donors (Lipinski definition) is 0. The maximum absolute atomic E-state index is 2.27. The van der Waals surface area contributed by atoms with E-state index >= 15 is 0 Å². The Morgan fingerprint density at radius 3 is 1.60 bits per heavy atom. The van der Waals surface area contributed by atoms with Crippen molar-refractivity contribution in [3.05, 3.63) is 0 Å². The van der Waals surface area contributed by atoms with E-state index in [1.165, 1.54) is 19.3 Å². The number of rotatable bonds is 3. The van der Waals surface area contributed by atoms with E-state index in [-0.39, 0.29) is 5.48 Å². The monoisotopic (exact) mass is 148 g/mol. The largest absolute Gasteiger partial charge is 0.412 e. The Kier molecular flexibility index (Phi) is 26.4. The fourth-order valence-electron chi connectivity index (χ4n) is 0.612. The summed E-state index contributed by atoms with van der Waals surface area (Å²) in [5, 5.41) is 0. The minimum atomic E-state index is 0. The highest BCUT2D eigenvalue weighted by Crippen LogP contribution is 2.04. The maximum atomic E-state index is 2.27. The average molecular weight is 148 g/mol. The van der Waals surface area contributed by atoms with Gasteiger partial charge in [-0.25, -0.2) is 0 Å². The molecule has 0 aromatic heterocycles. The zero-order valence-corrected chi connectivity index (χ0v) is 8.20. The van der Waals surface area contributed by atoms with Crippen molar-refractivity contribution in [3.8, 4) is 0 Å². The van der Waals surface area contributed by atoms with E-state index in [0.717, 1.165) is 5.92 Å². The van der Waals surface area contributed by atoms with Crippen LogP contribution in [0.4, 0.5) is 0 Å². The summed E-state index contributed by atoms with van der Waals surface area (Å²) in [6, 6.07) is 0. The van der Waals surface area contributed by atoms with Gasteiger partial charge in [0.05, 0.1) is 0 Å². The Labute approximate surface area is 66.1 Å². The second-order valence-corrected chi connectivity index (χ2v) is 2.54. The van der Waals surface area contributed by atoms with Gasteiger partial charge >= 0.3 is 0 Å². The van der Waals surface area contributed by atoms with E-state index in [0.29, 0.717) is 0 Å². The van der Waals surface area contributed by atoms with E-state index in [1.807, 2.05) is 13.8 Å².